The van der Waals surface area contributed by atoms with Crippen LogP contribution in [0, 0.1) is 16.2 Å². The molecule has 18 heavy (non-hydrogen) atoms. The number of rotatable bonds is 4. The summed E-state index contributed by atoms with van der Waals surface area (Å²) in [5.74, 6) is 0. The smallest absolute Gasteiger partial charge is 0.171 e. The molecule has 0 heterocycles. The maximum Gasteiger partial charge on any atom is 0.394 e. The van der Waals surface area contributed by atoms with E-state index >= 15 is 0 Å². The van der Waals surface area contributed by atoms with Crippen LogP contribution >= 0.6 is 0 Å². The van der Waals surface area contributed by atoms with Gasteiger partial charge in [-0.25, -0.2) is 0 Å². The number of alkyl halides is 3. The van der Waals surface area contributed by atoms with Crippen molar-refractivity contribution in [3.8, 4) is 0 Å². The predicted octanol–water partition coefficient (Wildman–Crippen LogP) is 6.21. The molecule has 0 spiro atoms. The highest BCUT2D eigenvalue weighted by atomic mass is 19.4. The molecule has 0 aromatic rings. The topological polar surface area (TPSA) is 0 Å². The summed E-state index contributed by atoms with van der Waals surface area (Å²) in [6.07, 6.45) is -2.46. The predicted molar refractivity (Wildman–Crippen MR) is 71.5 cm³/mol. The quantitative estimate of drug-likeness (QED) is 0.567. The van der Waals surface area contributed by atoms with Gasteiger partial charge in [0.05, 0.1) is 5.41 Å². The molecule has 0 fully saturated rings. The summed E-state index contributed by atoms with van der Waals surface area (Å²) in [5, 5.41) is 0. The summed E-state index contributed by atoms with van der Waals surface area (Å²) in [7, 11) is 0. The minimum absolute atomic E-state index is 0.0474. The van der Waals surface area contributed by atoms with Gasteiger partial charge in [0.15, 0.2) is 0 Å². The van der Waals surface area contributed by atoms with Crippen molar-refractivity contribution in [2.24, 2.45) is 16.2 Å². The zero-order valence-electron chi connectivity index (χ0n) is 13.0. The van der Waals surface area contributed by atoms with E-state index in [9.17, 15) is 13.2 Å². The molecule has 0 aromatic heterocycles. The third kappa shape index (κ3) is 6.65. The lowest BCUT2D eigenvalue weighted by Crippen LogP contribution is -2.37. The molecule has 0 N–H and O–H groups in total. The fraction of sp³-hybridized carbons (Fsp3) is 1.00. The van der Waals surface area contributed by atoms with Gasteiger partial charge in [-0.15, -0.1) is 0 Å². The molecule has 0 rings (SSSR count). The van der Waals surface area contributed by atoms with Crippen LogP contribution in [-0.2, 0) is 0 Å². The Labute approximate surface area is 110 Å². The summed E-state index contributed by atoms with van der Waals surface area (Å²) in [6.45, 7) is 13.3. The molecular weight excluding hydrogens is 237 g/mol. The minimum Gasteiger partial charge on any atom is -0.171 e. The first kappa shape index (κ1) is 17.8. The van der Waals surface area contributed by atoms with Crippen molar-refractivity contribution >= 4 is 0 Å². The van der Waals surface area contributed by atoms with Gasteiger partial charge < -0.3 is 0 Å². The van der Waals surface area contributed by atoms with Crippen molar-refractivity contribution in [3.05, 3.63) is 0 Å². The molecule has 0 amide bonds. The number of halogens is 3. The fourth-order valence-corrected chi connectivity index (χ4v) is 1.71. The first-order valence-electron chi connectivity index (χ1n) is 6.73. The van der Waals surface area contributed by atoms with Gasteiger partial charge in [0, 0.05) is 0 Å². The molecule has 3 heteroatoms. The van der Waals surface area contributed by atoms with E-state index in [0.717, 1.165) is 0 Å². The molecule has 0 saturated heterocycles. The van der Waals surface area contributed by atoms with E-state index in [2.05, 4.69) is 0 Å². The molecule has 0 nitrogen and oxygen atoms in total. The van der Waals surface area contributed by atoms with Gasteiger partial charge in [-0.1, -0.05) is 48.5 Å². The average molecular weight is 266 g/mol. The highest BCUT2D eigenvalue weighted by Gasteiger charge is 2.50. The van der Waals surface area contributed by atoms with E-state index in [1.165, 1.54) is 6.92 Å². The Bertz CT molecular complexity index is 232. The third-order valence-electron chi connectivity index (χ3n) is 3.54. The lowest BCUT2D eigenvalue weighted by Gasteiger charge is -2.36. The Balaban J connectivity index is 4.76. The molecule has 0 aromatic carbocycles. The maximum atomic E-state index is 13.3. The second-order valence-corrected chi connectivity index (χ2v) is 8.18. The molecule has 0 saturated carbocycles. The van der Waals surface area contributed by atoms with Gasteiger partial charge in [0.1, 0.15) is 0 Å². The molecule has 0 atom stereocenters. The van der Waals surface area contributed by atoms with Gasteiger partial charge in [0.2, 0.25) is 0 Å². The summed E-state index contributed by atoms with van der Waals surface area (Å²) in [6, 6.07) is 0. The largest absolute Gasteiger partial charge is 0.394 e. The van der Waals surface area contributed by atoms with Gasteiger partial charge in [0.25, 0.3) is 0 Å². The SMILES string of the molecule is CC(C)(C)CCC(C)(CCC(C)(C)C)C(F)(F)F. The van der Waals surface area contributed by atoms with Crippen molar-refractivity contribution in [1.82, 2.24) is 0 Å². The number of hydrogen-bond donors (Lipinski definition) is 0. The Morgan fingerprint density at radius 3 is 1.00 bits per heavy atom. The van der Waals surface area contributed by atoms with Crippen LogP contribution in [0.15, 0.2) is 0 Å². The Morgan fingerprint density at radius 2 is 0.833 bits per heavy atom. The average Bonchev–Trinajstić information content (AvgIpc) is 2.07. The Hall–Kier alpha value is -0.210. The molecule has 110 valence electrons. The van der Waals surface area contributed by atoms with Crippen LogP contribution in [0.4, 0.5) is 13.2 Å². The van der Waals surface area contributed by atoms with Gasteiger partial charge in [-0.2, -0.15) is 13.2 Å². The van der Waals surface area contributed by atoms with Crippen LogP contribution in [0.5, 0.6) is 0 Å². The molecule has 0 bridgehead atoms. The molecule has 0 radical (unpaired) electrons. The maximum absolute atomic E-state index is 13.3. The van der Waals surface area contributed by atoms with Crippen LogP contribution in [0.25, 0.3) is 0 Å². The third-order valence-corrected chi connectivity index (χ3v) is 3.54. The monoisotopic (exact) mass is 266 g/mol. The fourth-order valence-electron chi connectivity index (χ4n) is 1.71. The van der Waals surface area contributed by atoms with E-state index in [-0.39, 0.29) is 23.7 Å². The second kappa shape index (κ2) is 5.42. The lowest BCUT2D eigenvalue weighted by atomic mass is 9.73. The standard InChI is InChI=1S/C15H29F3/c1-12(2,3)8-10-14(7,15(16,17)18)11-9-13(4,5)6/h8-11H2,1-7H3. The van der Waals surface area contributed by atoms with Gasteiger partial charge in [-0.05, 0) is 36.5 Å². The van der Waals surface area contributed by atoms with Gasteiger partial charge >= 0.3 is 6.18 Å². The van der Waals surface area contributed by atoms with Crippen molar-refractivity contribution in [3.63, 3.8) is 0 Å². The van der Waals surface area contributed by atoms with Crippen LogP contribution < -0.4 is 0 Å². The van der Waals surface area contributed by atoms with E-state index in [4.69, 9.17) is 0 Å². The minimum atomic E-state index is -4.11. The first-order valence-corrected chi connectivity index (χ1v) is 6.73. The van der Waals surface area contributed by atoms with Crippen LogP contribution in [0.3, 0.4) is 0 Å². The summed E-state index contributed by atoms with van der Waals surface area (Å²) >= 11 is 0. The Morgan fingerprint density at radius 1 is 0.556 bits per heavy atom. The van der Waals surface area contributed by atoms with Crippen molar-refractivity contribution in [2.45, 2.75) is 80.3 Å². The van der Waals surface area contributed by atoms with E-state index < -0.39 is 11.6 Å². The van der Waals surface area contributed by atoms with Crippen molar-refractivity contribution in [1.29, 1.82) is 0 Å². The van der Waals surface area contributed by atoms with E-state index in [0.29, 0.717) is 12.8 Å². The van der Waals surface area contributed by atoms with Crippen molar-refractivity contribution in [2.75, 3.05) is 0 Å². The second-order valence-electron chi connectivity index (χ2n) is 8.18. The van der Waals surface area contributed by atoms with Gasteiger partial charge in [-0.3, -0.25) is 0 Å². The molecule has 0 unspecified atom stereocenters. The summed E-state index contributed by atoms with van der Waals surface area (Å²) < 4.78 is 39.8. The first-order chi connectivity index (χ1) is 7.66. The Kier molecular flexibility index (Phi) is 5.36. The summed E-state index contributed by atoms with van der Waals surface area (Å²) in [5.41, 5.74) is -1.64. The molecule has 0 aliphatic heterocycles. The highest BCUT2D eigenvalue weighted by molar-refractivity contribution is 4.85. The highest BCUT2D eigenvalue weighted by Crippen LogP contribution is 2.48. The summed E-state index contributed by atoms with van der Waals surface area (Å²) in [4.78, 5) is 0. The van der Waals surface area contributed by atoms with Crippen LogP contribution in [-0.4, -0.2) is 6.18 Å². The van der Waals surface area contributed by atoms with Crippen molar-refractivity contribution < 1.29 is 13.2 Å². The lowest BCUT2D eigenvalue weighted by molar-refractivity contribution is -0.226. The molecule has 0 aliphatic rings. The zero-order valence-corrected chi connectivity index (χ0v) is 13.0. The van der Waals surface area contributed by atoms with Crippen LogP contribution in [0.1, 0.15) is 74.1 Å². The normalized spacial score (nSPS) is 15.0. The number of hydrogen-bond acceptors (Lipinski definition) is 0. The van der Waals surface area contributed by atoms with Crippen LogP contribution in [0.2, 0.25) is 0 Å². The van der Waals surface area contributed by atoms with E-state index in [1.54, 1.807) is 0 Å². The molecule has 0 aliphatic carbocycles. The van der Waals surface area contributed by atoms with E-state index in [1.807, 2.05) is 41.5 Å². The zero-order chi connectivity index (χ0) is 14.8. The molecular formula is C15H29F3.